The molecule has 1 aromatic rings. The molecule has 4 rings (SSSR count). The number of nitrogens with zero attached hydrogens (tertiary/aromatic N) is 2. The second-order valence-electron chi connectivity index (χ2n) is 6.89. The van der Waals surface area contributed by atoms with Crippen molar-refractivity contribution in [2.45, 2.75) is 50.4 Å². The van der Waals surface area contributed by atoms with E-state index < -0.39 is 11.9 Å². The van der Waals surface area contributed by atoms with Crippen molar-refractivity contribution in [2.75, 3.05) is 13.2 Å². The molecule has 3 fully saturated rings. The predicted octanol–water partition coefficient (Wildman–Crippen LogP) is 2.40. The number of hydrogen-bond donors (Lipinski definition) is 1. The van der Waals surface area contributed by atoms with Crippen molar-refractivity contribution in [3.8, 4) is 0 Å². The van der Waals surface area contributed by atoms with Gasteiger partial charge in [0.2, 0.25) is 0 Å². The van der Waals surface area contributed by atoms with Crippen LogP contribution in [-0.4, -0.2) is 33.7 Å². The highest BCUT2D eigenvalue weighted by Crippen LogP contribution is 2.71. The van der Waals surface area contributed by atoms with Crippen LogP contribution < -0.4 is 0 Å². The van der Waals surface area contributed by atoms with Crippen LogP contribution in [0.2, 0.25) is 0 Å². The van der Waals surface area contributed by atoms with Gasteiger partial charge in [-0.25, -0.2) is 0 Å². The summed E-state index contributed by atoms with van der Waals surface area (Å²) in [4.78, 5) is 0. The molecule has 7 heteroatoms. The van der Waals surface area contributed by atoms with E-state index in [0.29, 0.717) is 12.5 Å². The number of aliphatic hydroxyl groups excluding tert-OH is 1. The Hall–Kier alpha value is -1.08. The fourth-order valence-electron chi connectivity index (χ4n) is 4.41. The Bertz CT molecular complexity index is 594. The van der Waals surface area contributed by atoms with Gasteiger partial charge in [-0.1, -0.05) is 0 Å². The summed E-state index contributed by atoms with van der Waals surface area (Å²) in [6.45, 7) is 0.915. The van der Waals surface area contributed by atoms with E-state index in [1.165, 1.54) is 10.9 Å². The maximum absolute atomic E-state index is 13.1. The number of aromatic nitrogens is 2. The summed E-state index contributed by atoms with van der Waals surface area (Å²) >= 11 is 0. The van der Waals surface area contributed by atoms with Crippen LogP contribution in [0.15, 0.2) is 6.20 Å². The Kier molecular flexibility index (Phi) is 2.95. The van der Waals surface area contributed by atoms with Gasteiger partial charge in [-0.05, 0) is 38.0 Å². The van der Waals surface area contributed by atoms with Gasteiger partial charge in [0, 0.05) is 30.3 Å². The standard InChI is InChI=1S/C15H19F3N2O2/c16-15(17,18)12-10(2-5-21)7-20(19-12)9-13-6-11(13)8-22-14(13)3-1-4-14/h7,11,21H,1-6,8-9H2/t11-,13+/m0/s1. The number of aliphatic hydroxyl groups is 1. The molecule has 4 nitrogen and oxygen atoms in total. The van der Waals surface area contributed by atoms with E-state index in [9.17, 15) is 13.2 Å². The summed E-state index contributed by atoms with van der Waals surface area (Å²) in [5, 5.41) is 12.8. The predicted molar refractivity (Wildman–Crippen MR) is 71.1 cm³/mol. The van der Waals surface area contributed by atoms with E-state index in [2.05, 4.69) is 5.10 Å². The van der Waals surface area contributed by atoms with E-state index in [1.807, 2.05) is 0 Å². The molecule has 1 N–H and O–H groups in total. The van der Waals surface area contributed by atoms with Crippen LogP contribution in [0.4, 0.5) is 13.2 Å². The summed E-state index contributed by atoms with van der Waals surface area (Å²) in [6, 6.07) is 0. The molecule has 0 unspecified atom stereocenters. The Morgan fingerprint density at radius 3 is 2.73 bits per heavy atom. The zero-order valence-electron chi connectivity index (χ0n) is 12.2. The first-order chi connectivity index (χ1) is 10.4. The summed E-state index contributed by atoms with van der Waals surface area (Å²) in [6.07, 6.45) is 1.15. The number of halogens is 3. The third-order valence-electron chi connectivity index (χ3n) is 5.79. The van der Waals surface area contributed by atoms with Crippen LogP contribution in [0.3, 0.4) is 0 Å². The quantitative estimate of drug-likeness (QED) is 0.928. The lowest BCUT2D eigenvalue weighted by atomic mass is 9.68. The highest BCUT2D eigenvalue weighted by molar-refractivity contribution is 5.24. The van der Waals surface area contributed by atoms with E-state index in [0.717, 1.165) is 32.3 Å². The monoisotopic (exact) mass is 316 g/mol. The van der Waals surface area contributed by atoms with E-state index in [4.69, 9.17) is 9.84 Å². The van der Waals surface area contributed by atoms with Crippen molar-refractivity contribution < 1.29 is 23.0 Å². The molecule has 2 saturated carbocycles. The molecule has 1 aromatic heterocycles. The van der Waals surface area contributed by atoms with Crippen molar-refractivity contribution >= 4 is 0 Å². The van der Waals surface area contributed by atoms with Crippen LogP contribution in [0.5, 0.6) is 0 Å². The lowest BCUT2D eigenvalue weighted by Gasteiger charge is -2.45. The average Bonchev–Trinajstić information content (AvgIpc) is 2.77. The van der Waals surface area contributed by atoms with E-state index in [-0.39, 0.29) is 29.6 Å². The first-order valence-corrected chi connectivity index (χ1v) is 7.79. The Morgan fingerprint density at radius 2 is 2.18 bits per heavy atom. The third-order valence-corrected chi connectivity index (χ3v) is 5.79. The van der Waals surface area contributed by atoms with Crippen molar-refractivity contribution in [3.63, 3.8) is 0 Å². The molecule has 1 saturated heterocycles. The number of hydrogen-bond acceptors (Lipinski definition) is 3. The third kappa shape index (κ3) is 1.88. The van der Waals surface area contributed by atoms with Crippen molar-refractivity contribution in [1.82, 2.24) is 9.78 Å². The van der Waals surface area contributed by atoms with Gasteiger partial charge < -0.3 is 9.84 Å². The molecule has 2 atom stereocenters. The summed E-state index contributed by atoms with van der Waals surface area (Å²) < 4.78 is 46.6. The van der Waals surface area contributed by atoms with Gasteiger partial charge in [0.25, 0.3) is 0 Å². The second-order valence-corrected chi connectivity index (χ2v) is 6.89. The lowest BCUT2D eigenvalue weighted by Crippen LogP contribution is -2.47. The first kappa shape index (κ1) is 14.5. The SMILES string of the molecule is OCCc1cn(C[C@]23C[C@H]2COC32CCC2)nc1C(F)(F)F. The largest absolute Gasteiger partial charge is 0.435 e. The minimum absolute atomic E-state index is 0.0172. The van der Waals surface area contributed by atoms with Crippen molar-refractivity contribution in [3.05, 3.63) is 17.5 Å². The molecule has 122 valence electrons. The Balaban J connectivity index is 1.61. The topological polar surface area (TPSA) is 47.3 Å². The van der Waals surface area contributed by atoms with Gasteiger partial charge >= 0.3 is 6.18 Å². The second kappa shape index (κ2) is 4.47. The zero-order chi connectivity index (χ0) is 15.6. The fraction of sp³-hybridized carbons (Fsp3) is 0.800. The minimum atomic E-state index is -4.48. The number of alkyl halides is 3. The molecule has 0 radical (unpaired) electrons. The van der Waals surface area contributed by atoms with Crippen LogP contribution >= 0.6 is 0 Å². The van der Waals surface area contributed by atoms with Crippen LogP contribution in [0, 0.1) is 11.3 Å². The molecule has 2 heterocycles. The van der Waals surface area contributed by atoms with Crippen LogP contribution in [0.25, 0.3) is 0 Å². The normalized spacial score (nSPS) is 32.1. The number of ether oxygens (including phenoxy) is 1. The van der Waals surface area contributed by atoms with E-state index >= 15 is 0 Å². The number of fused-ring (bicyclic) bond motifs is 2. The average molecular weight is 316 g/mol. The van der Waals surface area contributed by atoms with Crippen LogP contribution in [0.1, 0.15) is 36.9 Å². The fourth-order valence-corrected chi connectivity index (χ4v) is 4.41. The van der Waals surface area contributed by atoms with Crippen molar-refractivity contribution in [2.24, 2.45) is 11.3 Å². The van der Waals surface area contributed by atoms with Crippen LogP contribution in [-0.2, 0) is 23.9 Å². The summed E-state index contributed by atoms with van der Waals surface area (Å²) in [7, 11) is 0. The lowest BCUT2D eigenvalue weighted by molar-refractivity contribution is -0.142. The van der Waals surface area contributed by atoms with Gasteiger partial charge in [0.15, 0.2) is 5.69 Å². The molecule has 2 aliphatic carbocycles. The molecule has 0 bridgehead atoms. The van der Waals surface area contributed by atoms with Gasteiger partial charge in [-0.2, -0.15) is 18.3 Å². The van der Waals surface area contributed by atoms with E-state index in [1.54, 1.807) is 0 Å². The maximum Gasteiger partial charge on any atom is 0.435 e. The molecule has 0 aromatic carbocycles. The smallest absolute Gasteiger partial charge is 0.396 e. The summed E-state index contributed by atoms with van der Waals surface area (Å²) in [5.41, 5.74) is -0.919. The molecule has 3 aliphatic rings. The highest BCUT2D eigenvalue weighted by Gasteiger charge is 2.73. The molecule has 0 amide bonds. The van der Waals surface area contributed by atoms with Gasteiger partial charge in [-0.15, -0.1) is 0 Å². The first-order valence-electron chi connectivity index (χ1n) is 7.79. The minimum Gasteiger partial charge on any atom is -0.396 e. The molecular weight excluding hydrogens is 297 g/mol. The van der Waals surface area contributed by atoms with Gasteiger partial charge in [-0.3, -0.25) is 4.68 Å². The summed E-state index contributed by atoms with van der Waals surface area (Å²) in [5.74, 6) is 0.465. The molecule has 1 spiro atoms. The highest BCUT2D eigenvalue weighted by atomic mass is 19.4. The Labute approximate surface area is 126 Å². The Morgan fingerprint density at radius 1 is 1.41 bits per heavy atom. The number of rotatable bonds is 4. The van der Waals surface area contributed by atoms with Gasteiger partial charge in [0.1, 0.15) is 0 Å². The molecular formula is C15H19F3N2O2. The van der Waals surface area contributed by atoms with Gasteiger partial charge in [0.05, 0.1) is 12.2 Å². The maximum atomic E-state index is 13.1. The zero-order valence-corrected chi connectivity index (χ0v) is 12.2. The molecule has 22 heavy (non-hydrogen) atoms. The van der Waals surface area contributed by atoms with Crippen molar-refractivity contribution in [1.29, 1.82) is 0 Å². The molecule has 1 aliphatic heterocycles.